The van der Waals surface area contributed by atoms with Crippen LogP contribution in [-0.4, -0.2) is 35.2 Å². The van der Waals surface area contributed by atoms with E-state index in [1.165, 1.54) is 13.3 Å². The number of aromatic amines is 1. The quantitative estimate of drug-likeness (QED) is 0.804. The van der Waals surface area contributed by atoms with Crippen LogP contribution in [0.5, 0.6) is 0 Å². The molecule has 6 nitrogen and oxygen atoms in total. The third-order valence-corrected chi connectivity index (χ3v) is 3.66. The van der Waals surface area contributed by atoms with Crippen molar-refractivity contribution in [2.45, 2.75) is 38.6 Å². The van der Waals surface area contributed by atoms with E-state index in [2.05, 4.69) is 15.5 Å². The Hall–Kier alpha value is -1.85. The second-order valence-electron chi connectivity index (χ2n) is 4.90. The highest BCUT2D eigenvalue weighted by molar-refractivity contribution is 5.95. The van der Waals surface area contributed by atoms with E-state index in [1.54, 1.807) is 6.92 Å². The summed E-state index contributed by atoms with van der Waals surface area (Å²) in [4.78, 5) is 23.8. The molecule has 1 amide bonds. The van der Waals surface area contributed by atoms with Gasteiger partial charge in [-0.05, 0) is 19.8 Å². The molecule has 2 atom stereocenters. The minimum Gasteiger partial charge on any atom is -0.469 e. The standard InChI is InChI=1S/C13H19N3O3/c1-8-10(7-14-16-8)12(17)15-11-6-4-3-5-9(11)13(18)19-2/h7,9,11H,3-6H2,1-2H3,(H,14,16)(H,15,17)/t9-,11+/m0/s1. The molecule has 6 heteroatoms. The molecule has 0 unspecified atom stereocenters. The third-order valence-electron chi connectivity index (χ3n) is 3.66. The van der Waals surface area contributed by atoms with Crippen LogP contribution in [0, 0.1) is 12.8 Å². The molecule has 104 valence electrons. The molecule has 2 N–H and O–H groups in total. The predicted molar refractivity (Wildman–Crippen MR) is 68.6 cm³/mol. The highest BCUT2D eigenvalue weighted by atomic mass is 16.5. The Balaban J connectivity index is 2.05. The summed E-state index contributed by atoms with van der Waals surface area (Å²) in [6.45, 7) is 1.79. The minimum absolute atomic E-state index is 0.150. The Morgan fingerprint density at radius 2 is 2.16 bits per heavy atom. The van der Waals surface area contributed by atoms with Gasteiger partial charge in [0.25, 0.3) is 5.91 Å². The highest BCUT2D eigenvalue weighted by Crippen LogP contribution is 2.25. The van der Waals surface area contributed by atoms with Gasteiger partial charge in [-0.3, -0.25) is 14.7 Å². The molecule has 1 aromatic heterocycles. The van der Waals surface area contributed by atoms with E-state index in [0.717, 1.165) is 31.4 Å². The lowest BCUT2D eigenvalue weighted by molar-refractivity contribution is -0.147. The van der Waals surface area contributed by atoms with Gasteiger partial charge in [0.1, 0.15) is 0 Å². The number of hydrogen-bond acceptors (Lipinski definition) is 4. The summed E-state index contributed by atoms with van der Waals surface area (Å²) >= 11 is 0. The first-order chi connectivity index (χ1) is 9.13. The molecule has 19 heavy (non-hydrogen) atoms. The Labute approximate surface area is 111 Å². The van der Waals surface area contributed by atoms with Crippen LogP contribution in [0.15, 0.2) is 6.20 Å². The zero-order valence-electron chi connectivity index (χ0n) is 11.2. The van der Waals surface area contributed by atoms with E-state index < -0.39 is 0 Å². The number of esters is 1. The molecular weight excluding hydrogens is 246 g/mol. The van der Waals surface area contributed by atoms with E-state index in [-0.39, 0.29) is 23.8 Å². The Kier molecular flexibility index (Phi) is 4.19. The van der Waals surface area contributed by atoms with Crippen LogP contribution in [0.25, 0.3) is 0 Å². The Morgan fingerprint density at radius 3 is 2.79 bits per heavy atom. The van der Waals surface area contributed by atoms with Gasteiger partial charge in [-0.1, -0.05) is 12.8 Å². The van der Waals surface area contributed by atoms with E-state index in [4.69, 9.17) is 4.74 Å². The molecule has 0 aromatic carbocycles. The number of H-pyrrole nitrogens is 1. The lowest BCUT2D eigenvalue weighted by Gasteiger charge is -2.30. The zero-order valence-corrected chi connectivity index (χ0v) is 11.2. The fourth-order valence-corrected chi connectivity index (χ4v) is 2.56. The maximum atomic E-state index is 12.1. The molecule has 0 aliphatic heterocycles. The maximum absolute atomic E-state index is 12.1. The number of carbonyl (C=O) groups is 2. The van der Waals surface area contributed by atoms with Crippen LogP contribution < -0.4 is 5.32 Å². The average molecular weight is 265 g/mol. The van der Waals surface area contributed by atoms with Crippen molar-refractivity contribution in [1.82, 2.24) is 15.5 Å². The summed E-state index contributed by atoms with van der Waals surface area (Å²) in [5.74, 6) is -0.670. The molecule has 1 aliphatic carbocycles. The number of nitrogens with zero attached hydrogens (tertiary/aromatic N) is 1. The van der Waals surface area contributed by atoms with Crippen LogP contribution in [0.4, 0.5) is 0 Å². The first-order valence-corrected chi connectivity index (χ1v) is 6.52. The minimum atomic E-state index is -0.242. The summed E-state index contributed by atoms with van der Waals surface area (Å²) in [7, 11) is 1.38. The molecular formula is C13H19N3O3. The Bertz CT molecular complexity index is 469. The number of nitrogens with one attached hydrogen (secondary N) is 2. The largest absolute Gasteiger partial charge is 0.469 e. The SMILES string of the molecule is COC(=O)[C@H]1CCCC[C@H]1NC(=O)c1cn[nH]c1C. The normalized spacial score (nSPS) is 22.8. The van der Waals surface area contributed by atoms with Gasteiger partial charge in [0.2, 0.25) is 0 Å². The van der Waals surface area contributed by atoms with Crippen molar-refractivity contribution in [3.8, 4) is 0 Å². The number of aromatic nitrogens is 2. The summed E-state index contributed by atoms with van der Waals surface area (Å²) in [5.41, 5.74) is 1.25. The summed E-state index contributed by atoms with van der Waals surface area (Å²) < 4.78 is 4.81. The van der Waals surface area contributed by atoms with Crippen LogP contribution in [0.2, 0.25) is 0 Å². The van der Waals surface area contributed by atoms with Crippen LogP contribution in [-0.2, 0) is 9.53 Å². The van der Waals surface area contributed by atoms with Crippen molar-refractivity contribution in [1.29, 1.82) is 0 Å². The molecule has 0 radical (unpaired) electrons. The van der Waals surface area contributed by atoms with Crippen molar-refractivity contribution >= 4 is 11.9 Å². The van der Waals surface area contributed by atoms with Gasteiger partial charge in [0, 0.05) is 11.7 Å². The third kappa shape index (κ3) is 2.94. The van der Waals surface area contributed by atoms with Gasteiger partial charge < -0.3 is 10.1 Å². The summed E-state index contributed by atoms with van der Waals surface area (Å²) in [6, 6.07) is -0.150. The van der Waals surface area contributed by atoms with Crippen molar-refractivity contribution in [2.24, 2.45) is 5.92 Å². The molecule has 2 rings (SSSR count). The molecule has 1 heterocycles. The lowest BCUT2D eigenvalue weighted by atomic mass is 9.84. The number of rotatable bonds is 3. The number of aryl methyl sites for hydroxylation is 1. The first-order valence-electron chi connectivity index (χ1n) is 6.52. The van der Waals surface area contributed by atoms with E-state index in [1.807, 2.05) is 0 Å². The fraction of sp³-hybridized carbons (Fsp3) is 0.615. The molecule has 0 spiro atoms. The van der Waals surface area contributed by atoms with E-state index in [0.29, 0.717) is 5.56 Å². The molecule has 1 aliphatic rings. The second kappa shape index (κ2) is 5.86. The Morgan fingerprint density at radius 1 is 1.42 bits per heavy atom. The fourth-order valence-electron chi connectivity index (χ4n) is 2.56. The van der Waals surface area contributed by atoms with Crippen LogP contribution >= 0.6 is 0 Å². The number of carbonyl (C=O) groups excluding carboxylic acids is 2. The number of hydrogen-bond donors (Lipinski definition) is 2. The van der Waals surface area contributed by atoms with Crippen molar-refractivity contribution in [2.75, 3.05) is 7.11 Å². The van der Waals surface area contributed by atoms with Crippen molar-refractivity contribution in [3.63, 3.8) is 0 Å². The molecule has 0 saturated heterocycles. The van der Waals surface area contributed by atoms with Gasteiger partial charge in [0.15, 0.2) is 0 Å². The van der Waals surface area contributed by atoms with E-state index >= 15 is 0 Å². The summed E-state index contributed by atoms with van der Waals surface area (Å²) in [6.07, 6.45) is 5.09. The highest BCUT2D eigenvalue weighted by Gasteiger charge is 2.33. The first kappa shape index (κ1) is 13.6. The smallest absolute Gasteiger partial charge is 0.310 e. The van der Waals surface area contributed by atoms with E-state index in [9.17, 15) is 9.59 Å². The average Bonchev–Trinajstić information content (AvgIpc) is 2.85. The van der Waals surface area contributed by atoms with Crippen molar-refractivity contribution in [3.05, 3.63) is 17.5 Å². The topological polar surface area (TPSA) is 84.1 Å². The van der Waals surface area contributed by atoms with Crippen LogP contribution in [0.3, 0.4) is 0 Å². The predicted octanol–water partition coefficient (Wildman–Crippen LogP) is 1.18. The number of methoxy groups -OCH3 is 1. The van der Waals surface area contributed by atoms with Gasteiger partial charge in [-0.2, -0.15) is 5.10 Å². The maximum Gasteiger partial charge on any atom is 0.310 e. The molecule has 1 fully saturated rings. The van der Waals surface area contributed by atoms with Gasteiger partial charge in [-0.15, -0.1) is 0 Å². The second-order valence-corrected chi connectivity index (χ2v) is 4.90. The summed E-state index contributed by atoms with van der Waals surface area (Å²) in [5, 5.41) is 9.49. The molecule has 1 aromatic rings. The van der Waals surface area contributed by atoms with Gasteiger partial charge in [0.05, 0.1) is 24.8 Å². The monoisotopic (exact) mass is 265 g/mol. The molecule has 1 saturated carbocycles. The number of amides is 1. The molecule has 0 bridgehead atoms. The van der Waals surface area contributed by atoms with Gasteiger partial charge >= 0.3 is 5.97 Å². The zero-order chi connectivity index (χ0) is 13.8. The van der Waals surface area contributed by atoms with Crippen molar-refractivity contribution < 1.29 is 14.3 Å². The van der Waals surface area contributed by atoms with Crippen LogP contribution in [0.1, 0.15) is 41.7 Å². The lowest BCUT2D eigenvalue weighted by Crippen LogP contribution is -2.45. The van der Waals surface area contributed by atoms with Gasteiger partial charge in [-0.25, -0.2) is 0 Å². The number of ether oxygens (including phenoxy) is 1.